The number of methoxy groups -OCH3 is 1. The predicted octanol–water partition coefficient (Wildman–Crippen LogP) is 2.28. The van der Waals surface area contributed by atoms with Crippen molar-refractivity contribution in [1.29, 1.82) is 0 Å². The molecule has 20 heavy (non-hydrogen) atoms. The Hall–Kier alpha value is -0.620. The van der Waals surface area contributed by atoms with Crippen LogP contribution in [-0.4, -0.2) is 31.7 Å². The maximum absolute atomic E-state index is 11.8. The molecule has 1 amide bonds. The molecule has 0 aliphatic carbocycles. The number of rotatable bonds is 7. The van der Waals surface area contributed by atoms with E-state index in [0.29, 0.717) is 13.0 Å². The lowest BCUT2D eigenvalue weighted by Gasteiger charge is -2.17. The summed E-state index contributed by atoms with van der Waals surface area (Å²) in [5.41, 5.74) is 6.68. The van der Waals surface area contributed by atoms with Crippen LogP contribution in [0.4, 0.5) is 0 Å². The molecule has 0 aromatic heterocycles. The largest absolute Gasteiger partial charge is 0.380 e. The fourth-order valence-corrected chi connectivity index (χ4v) is 2.09. The molecule has 0 saturated carbocycles. The summed E-state index contributed by atoms with van der Waals surface area (Å²) in [5, 5.41) is 2.96. The minimum absolute atomic E-state index is 0. The summed E-state index contributed by atoms with van der Waals surface area (Å²) in [7, 11) is 1.57. The molecule has 1 aromatic rings. The fourth-order valence-electron chi connectivity index (χ4n) is 1.83. The Labute approximate surface area is 135 Å². The molecule has 0 aliphatic heterocycles. The number of amides is 1. The van der Waals surface area contributed by atoms with E-state index in [0.717, 1.165) is 10.9 Å². The van der Waals surface area contributed by atoms with Crippen LogP contribution in [0.5, 0.6) is 0 Å². The fraction of sp³-hybridized carbons (Fsp3) is 0.500. The smallest absolute Gasteiger partial charge is 0.222 e. The molecule has 0 saturated heterocycles. The highest BCUT2D eigenvalue weighted by molar-refractivity contribution is 9.10. The van der Waals surface area contributed by atoms with Crippen molar-refractivity contribution in [2.75, 3.05) is 13.7 Å². The zero-order valence-corrected chi connectivity index (χ0v) is 14.2. The van der Waals surface area contributed by atoms with Gasteiger partial charge in [-0.15, -0.1) is 12.4 Å². The zero-order chi connectivity index (χ0) is 14.3. The third-order valence-electron chi connectivity index (χ3n) is 2.87. The molecule has 2 atom stereocenters. The quantitative estimate of drug-likeness (QED) is 0.779. The highest BCUT2D eigenvalue weighted by Gasteiger charge is 2.13. The van der Waals surface area contributed by atoms with Crippen LogP contribution < -0.4 is 11.1 Å². The van der Waals surface area contributed by atoms with Crippen LogP contribution in [0.25, 0.3) is 0 Å². The second-order valence-electron chi connectivity index (χ2n) is 4.60. The van der Waals surface area contributed by atoms with E-state index in [1.165, 1.54) is 5.56 Å². The minimum atomic E-state index is -0.208. The lowest BCUT2D eigenvalue weighted by Crippen LogP contribution is -2.37. The van der Waals surface area contributed by atoms with Gasteiger partial charge in [0.25, 0.3) is 0 Å². The van der Waals surface area contributed by atoms with Gasteiger partial charge in [0.05, 0.1) is 12.5 Å². The number of nitrogens with one attached hydrogen (secondary N) is 1. The summed E-state index contributed by atoms with van der Waals surface area (Å²) in [4.78, 5) is 11.8. The number of ether oxygens (including phenoxy) is 1. The van der Waals surface area contributed by atoms with E-state index >= 15 is 0 Å². The lowest BCUT2D eigenvalue weighted by molar-refractivity contribution is -0.123. The normalized spacial score (nSPS) is 13.2. The van der Waals surface area contributed by atoms with Crippen molar-refractivity contribution in [3.05, 3.63) is 34.3 Å². The van der Waals surface area contributed by atoms with Gasteiger partial charge >= 0.3 is 0 Å². The van der Waals surface area contributed by atoms with E-state index < -0.39 is 0 Å². The van der Waals surface area contributed by atoms with Gasteiger partial charge in [0.15, 0.2) is 0 Å². The highest BCUT2D eigenvalue weighted by atomic mass is 79.9. The Morgan fingerprint density at radius 2 is 2.00 bits per heavy atom. The molecule has 114 valence electrons. The molecule has 6 heteroatoms. The molecule has 0 aliphatic rings. The Balaban J connectivity index is 0.00000361. The van der Waals surface area contributed by atoms with Crippen molar-refractivity contribution in [3.63, 3.8) is 0 Å². The van der Waals surface area contributed by atoms with Gasteiger partial charge in [-0.25, -0.2) is 0 Å². The number of carbonyl (C=O) groups excluding carboxylic acids is 1. The first-order chi connectivity index (χ1) is 9.05. The van der Waals surface area contributed by atoms with E-state index in [9.17, 15) is 4.79 Å². The molecular formula is C14H22BrClN2O2. The number of hydrogen-bond acceptors (Lipinski definition) is 3. The monoisotopic (exact) mass is 364 g/mol. The van der Waals surface area contributed by atoms with Gasteiger partial charge in [-0.2, -0.15) is 0 Å². The number of hydrogen-bond donors (Lipinski definition) is 2. The van der Waals surface area contributed by atoms with Crippen LogP contribution in [0.15, 0.2) is 28.7 Å². The lowest BCUT2D eigenvalue weighted by atomic mass is 10.1. The van der Waals surface area contributed by atoms with Crippen LogP contribution in [0.1, 0.15) is 18.9 Å². The Morgan fingerprint density at radius 3 is 2.50 bits per heavy atom. The standard InChI is InChI=1S/C14H21BrN2O2.ClH/c1-10(7-11-3-5-12(15)6-4-11)17-14(18)8-13(9-16)19-2;/h3-6,10,13H,7-9,16H2,1-2H3,(H,17,18);1H. The topological polar surface area (TPSA) is 64.3 Å². The van der Waals surface area contributed by atoms with Gasteiger partial charge in [0.1, 0.15) is 0 Å². The second-order valence-corrected chi connectivity index (χ2v) is 5.51. The SMILES string of the molecule is COC(CN)CC(=O)NC(C)Cc1ccc(Br)cc1.Cl. The van der Waals surface area contributed by atoms with E-state index in [1.807, 2.05) is 31.2 Å². The van der Waals surface area contributed by atoms with Gasteiger partial charge in [-0.1, -0.05) is 28.1 Å². The van der Waals surface area contributed by atoms with Gasteiger partial charge in [-0.3, -0.25) is 4.79 Å². The first kappa shape index (κ1) is 19.4. The van der Waals surface area contributed by atoms with E-state index in [2.05, 4.69) is 21.2 Å². The summed E-state index contributed by atoms with van der Waals surface area (Å²) in [5.74, 6) is -0.0260. The van der Waals surface area contributed by atoms with Crippen molar-refractivity contribution < 1.29 is 9.53 Å². The molecule has 0 radical (unpaired) electrons. The predicted molar refractivity (Wildman–Crippen MR) is 87.2 cm³/mol. The first-order valence-electron chi connectivity index (χ1n) is 6.31. The molecule has 4 nitrogen and oxygen atoms in total. The second kappa shape index (κ2) is 10.2. The van der Waals surface area contributed by atoms with Crippen molar-refractivity contribution in [2.45, 2.75) is 31.9 Å². The molecule has 3 N–H and O–H groups in total. The summed E-state index contributed by atoms with van der Waals surface area (Å²) in [6.45, 7) is 2.34. The van der Waals surface area contributed by atoms with Gasteiger partial charge < -0.3 is 15.8 Å². The highest BCUT2D eigenvalue weighted by Crippen LogP contribution is 2.12. The molecule has 0 bridgehead atoms. The minimum Gasteiger partial charge on any atom is -0.380 e. The van der Waals surface area contributed by atoms with Crippen molar-refractivity contribution in [2.24, 2.45) is 5.73 Å². The third-order valence-corrected chi connectivity index (χ3v) is 3.40. The maximum Gasteiger partial charge on any atom is 0.222 e. The third kappa shape index (κ3) is 7.24. The maximum atomic E-state index is 11.8. The molecule has 0 fully saturated rings. The van der Waals surface area contributed by atoms with Gasteiger partial charge in [0, 0.05) is 24.2 Å². The van der Waals surface area contributed by atoms with Crippen LogP contribution in [0, 0.1) is 0 Å². The number of carbonyl (C=O) groups is 1. The molecule has 1 rings (SSSR count). The van der Waals surface area contributed by atoms with Gasteiger partial charge in [-0.05, 0) is 31.0 Å². The van der Waals surface area contributed by atoms with Crippen LogP contribution in [0.2, 0.25) is 0 Å². The Kier molecular flexibility index (Phi) is 9.84. The van der Waals surface area contributed by atoms with Crippen LogP contribution in [-0.2, 0) is 16.0 Å². The molecule has 0 heterocycles. The Morgan fingerprint density at radius 1 is 1.40 bits per heavy atom. The van der Waals surface area contributed by atoms with Gasteiger partial charge in [0.2, 0.25) is 5.91 Å². The number of nitrogens with two attached hydrogens (primary N) is 1. The van der Waals surface area contributed by atoms with Crippen LogP contribution in [0.3, 0.4) is 0 Å². The average molecular weight is 366 g/mol. The summed E-state index contributed by atoms with van der Waals surface area (Å²) >= 11 is 3.40. The summed E-state index contributed by atoms with van der Waals surface area (Å²) < 4.78 is 6.15. The summed E-state index contributed by atoms with van der Waals surface area (Å²) in [6, 6.07) is 8.18. The molecule has 2 unspecified atom stereocenters. The summed E-state index contributed by atoms with van der Waals surface area (Å²) in [6.07, 6.45) is 0.900. The number of halogens is 2. The van der Waals surface area contributed by atoms with Crippen LogP contribution >= 0.6 is 28.3 Å². The van der Waals surface area contributed by atoms with E-state index in [-0.39, 0.29) is 30.5 Å². The van der Waals surface area contributed by atoms with Crippen molar-refractivity contribution >= 4 is 34.2 Å². The Bertz CT molecular complexity index is 397. The zero-order valence-electron chi connectivity index (χ0n) is 11.8. The van der Waals surface area contributed by atoms with Crippen molar-refractivity contribution in [1.82, 2.24) is 5.32 Å². The van der Waals surface area contributed by atoms with E-state index in [4.69, 9.17) is 10.5 Å². The molecular weight excluding hydrogens is 344 g/mol. The molecule has 0 spiro atoms. The number of benzene rings is 1. The average Bonchev–Trinajstić information content (AvgIpc) is 2.38. The van der Waals surface area contributed by atoms with Crippen molar-refractivity contribution in [3.8, 4) is 0 Å². The van der Waals surface area contributed by atoms with E-state index in [1.54, 1.807) is 7.11 Å². The first-order valence-corrected chi connectivity index (χ1v) is 7.11. The molecule has 1 aromatic carbocycles.